The molecule has 2 N–H and O–H groups in total. The van der Waals surface area contributed by atoms with Crippen LogP contribution in [-0.2, 0) is 4.79 Å². The number of urea groups is 1. The van der Waals surface area contributed by atoms with Crippen LogP contribution in [0.1, 0.15) is 17.2 Å². The number of carbonyl (C=O) groups is 2. The number of hydrogen-bond donors (Lipinski definition) is 2. The average Bonchev–Trinajstić information content (AvgIpc) is 2.60. The fraction of sp³-hybridized carbons (Fsp3) is 0.333. The first-order chi connectivity index (χ1) is 8.06. The molecule has 1 heterocycles. The summed E-state index contributed by atoms with van der Waals surface area (Å²) in [5.41, 5.74) is 2.15. The van der Waals surface area contributed by atoms with Crippen LogP contribution in [0.15, 0.2) is 24.3 Å². The van der Waals surface area contributed by atoms with Gasteiger partial charge in [0.15, 0.2) is 0 Å². The van der Waals surface area contributed by atoms with Crippen molar-refractivity contribution in [3.63, 3.8) is 0 Å². The summed E-state index contributed by atoms with van der Waals surface area (Å²) < 4.78 is 0. The average molecular weight is 234 g/mol. The smallest absolute Gasteiger partial charge is 0.323 e. The van der Waals surface area contributed by atoms with Gasteiger partial charge in [0.05, 0.1) is 6.04 Å². The molecule has 0 spiro atoms. The highest BCUT2D eigenvalue weighted by Crippen LogP contribution is 2.20. The van der Waals surface area contributed by atoms with Crippen molar-refractivity contribution in [3.8, 4) is 0 Å². The minimum Gasteiger partial charge on any atom is -0.480 e. The van der Waals surface area contributed by atoms with Gasteiger partial charge < -0.3 is 15.3 Å². The van der Waals surface area contributed by atoms with E-state index in [-0.39, 0.29) is 18.6 Å². The number of nitrogens with zero attached hydrogens (tertiary/aromatic N) is 1. The van der Waals surface area contributed by atoms with Gasteiger partial charge in [-0.05, 0) is 12.5 Å². The Hall–Kier alpha value is -2.04. The van der Waals surface area contributed by atoms with Crippen LogP contribution in [0.5, 0.6) is 0 Å². The predicted molar refractivity (Wildman–Crippen MR) is 61.7 cm³/mol. The van der Waals surface area contributed by atoms with Crippen molar-refractivity contribution in [3.05, 3.63) is 35.4 Å². The van der Waals surface area contributed by atoms with E-state index >= 15 is 0 Å². The van der Waals surface area contributed by atoms with E-state index in [4.69, 9.17) is 5.11 Å². The van der Waals surface area contributed by atoms with Gasteiger partial charge in [-0.15, -0.1) is 0 Å². The Morgan fingerprint density at radius 1 is 1.47 bits per heavy atom. The second-order valence-corrected chi connectivity index (χ2v) is 4.19. The molecule has 5 heteroatoms. The molecule has 1 atom stereocenters. The second-order valence-electron chi connectivity index (χ2n) is 4.19. The molecule has 0 radical (unpaired) electrons. The van der Waals surface area contributed by atoms with Gasteiger partial charge in [-0.25, -0.2) is 4.79 Å². The van der Waals surface area contributed by atoms with Gasteiger partial charge in [0, 0.05) is 6.54 Å². The quantitative estimate of drug-likeness (QED) is 0.824. The van der Waals surface area contributed by atoms with Crippen molar-refractivity contribution >= 4 is 12.0 Å². The lowest BCUT2D eigenvalue weighted by atomic mass is 10.1. The summed E-state index contributed by atoms with van der Waals surface area (Å²) in [5.74, 6) is -0.996. The molecular formula is C12H14N2O3. The second kappa shape index (κ2) is 4.45. The van der Waals surface area contributed by atoms with Crippen molar-refractivity contribution in [2.24, 2.45) is 0 Å². The molecule has 1 aromatic rings. The first-order valence-electron chi connectivity index (χ1n) is 5.40. The van der Waals surface area contributed by atoms with E-state index in [1.165, 1.54) is 4.90 Å². The van der Waals surface area contributed by atoms with Gasteiger partial charge in [-0.1, -0.05) is 29.8 Å². The zero-order valence-electron chi connectivity index (χ0n) is 9.51. The van der Waals surface area contributed by atoms with E-state index in [0.717, 1.165) is 11.1 Å². The Kier molecular flexibility index (Phi) is 2.99. The van der Waals surface area contributed by atoms with E-state index in [0.29, 0.717) is 6.54 Å². The third kappa shape index (κ3) is 2.55. The Labute approximate surface area is 99.0 Å². The van der Waals surface area contributed by atoms with E-state index in [9.17, 15) is 9.59 Å². The Morgan fingerprint density at radius 2 is 2.12 bits per heavy atom. The SMILES string of the molecule is Cc1ccc(C2CN(CC(=O)O)C(=O)N2)cc1. The number of benzene rings is 1. The minimum atomic E-state index is -0.996. The van der Waals surface area contributed by atoms with Crippen LogP contribution in [0.4, 0.5) is 4.79 Å². The molecule has 2 amide bonds. The van der Waals surface area contributed by atoms with Crippen LogP contribution < -0.4 is 5.32 Å². The molecule has 0 aromatic heterocycles. The zero-order valence-corrected chi connectivity index (χ0v) is 9.51. The topological polar surface area (TPSA) is 69.6 Å². The number of carboxylic acid groups (broad SMARTS) is 1. The summed E-state index contributed by atoms with van der Waals surface area (Å²) in [5, 5.41) is 11.4. The van der Waals surface area contributed by atoms with Crippen molar-refractivity contribution < 1.29 is 14.7 Å². The first-order valence-corrected chi connectivity index (χ1v) is 5.40. The van der Waals surface area contributed by atoms with Crippen molar-refractivity contribution in [1.82, 2.24) is 10.2 Å². The third-order valence-corrected chi connectivity index (χ3v) is 2.79. The van der Waals surface area contributed by atoms with Crippen molar-refractivity contribution in [1.29, 1.82) is 0 Å². The van der Waals surface area contributed by atoms with Crippen molar-refractivity contribution in [2.45, 2.75) is 13.0 Å². The standard InChI is InChI=1S/C12H14N2O3/c1-8-2-4-9(5-3-8)10-6-14(7-11(15)16)12(17)13-10/h2-5,10H,6-7H2,1H3,(H,13,17)(H,15,16). The molecule has 17 heavy (non-hydrogen) atoms. The van der Waals surface area contributed by atoms with E-state index in [2.05, 4.69) is 5.32 Å². The Morgan fingerprint density at radius 3 is 2.71 bits per heavy atom. The molecule has 0 aliphatic carbocycles. The van der Waals surface area contributed by atoms with Crippen LogP contribution in [0.2, 0.25) is 0 Å². The highest BCUT2D eigenvalue weighted by Gasteiger charge is 2.30. The van der Waals surface area contributed by atoms with Gasteiger partial charge in [-0.2, -0.15) is 0 Å². The molecule has 2 rings (SSSR count). The summed E-state index contributed by atoms with van der Waals surface area (Å²) in [6, 6.07) is 7.40. The molecule has 0 bridgehead atoms. The lowest BCUT2D eigenvalue weighted by Gasteiger charge is -2.11. The molecule has 1 aromatic carbocycles. The molecule has 1 aliphatic rings. The summed E-state index contributed by atoms with van der Waals surface area (Å²) in [7, 11) is 0. The Balaban J connectivity index is 2.08. The number of aliphatic carboxylic acids is 1. The molecule has 1 unspecified atom stereocenters. The molecule has 1 fully saturated rings. The highest BCUT2D eigenvalue weighted by molar-refractivity contribution is 5.82. The van der Waals surface area contributed by atoms with Crippen LogP contribution in [0.3, 0.4) is 0 Å². The molecule has 1 aliphatic heterocycles. The van der Waals surface area contributed by atoms with Crippen molar-refractivity contribution in [2.75, 3.05) is 13.1 Å². The van der Waals surface area contributed by atoms with Gasteiger partial charge in [0.1, 0.15) is 6.54 Å². The maximum atomic E-state index is 11.5. The molecular weight excluding hydrogens is 220 g/mol. The monoisotopic (exact) mass is 234 g/mol. The minimum absolute atomic E-state index is 0.123. The lowest BCUT2D eigenvalue weighted by molar-refractivity contribution is -0.137. The predicted octanol–water partition coefficient (Wildman–Crippen LogP) is 1.15. The summed E-state index contributed by atoms with van der Waals surface area (Å²) in [6.45, 7) is 2.14. The molecule has 5 nitrogen and oxygen atoms in total. The van der Waals surface area contributed by atoms with E-state index < -0.39 is 5.97 Å². The summed E-state index contributed by atoms with van der Waals surface area (Å²) >= 11 is 0. The number of aryl methyl sites for hydroxylation is 1. The van der Waals surface area contributed by atoms with Gasteiger partial charge >= 0.3 is 12.0 Å². The van der Waals surface area contributed by atoms with Gasteiger partial charge in [0.2, 0.25) is 0 Å². The van der Waals surface area contributed by atoms with Crippen LogP contribution >= 0.6 is 0 Å². The normalized spacial score (nSPS) is 19.2. The fourth-order valence-electron chi connectivity index (χ4n) is 1.88. The zero-order chi connectivity index (χ0) is 12.4. The number of amides is 2. The van der Waals surface area contributed by atoms with Gasteiger partial charge in [-0.3, -0.25) is 4.79 Å². The molecule has 1 saturated heterocycles. The number of rotatable bonds is 3. The largest absolute Gasteiger partial charge is 0.480 e. The first kappa shape index (κ1) is 11.4. The number of nitrogens with one attached hydrogen (secondary N) is 1. The third-order valence-electron chi connectivity index (χ3n) is 2.79. The number of hydrogen-bond acceptors (Lipinski definition) is 2. The highest BCUT2D eigenvalue weighted by atomic mass is 16.4. The van der Waals surface area contributed by atoms with Crippen LogP contribution in [0, 0.1) is 6.92 Å². The Bertz CT molecular complexity index is 442. The van der Waals surface area contributed by atoms with Gasteiger partial charge in [0.25, 0.3) is 0 Å². The maximum Gasteiger partial charge on any atom is 0.323 e. The number of carbonyl (C=O) groups excluding carboxylic acids is 1. The molecule has 0 saturated carbocycles. The fourth-order valence-corrected chi connectivity index (χ4v) is 1.88. The molecule has 90 valence electrons. The number of carboxylic acids is 1. The lowest BCUT2D eigenvalue weighted by Crippen LogP contribution is -2.32. The van der Waals surface area contributed by atoms with Crippen LogP contribution in [-0.4, -0.2) is 35.1 Å². The summed E-state index contributed by atoms with van der Waals surface area (Å²) in [4.78, 5) is 23.4. The van der Waals surface area contributed by atoms with E-state index in [1.807, 2.05) is 31.2 Å². The maximum absolute atomic E-state index is 11.5. The summed E-state index contributed by atoms with van der Waals surface area (Å²) in [6.07, 6.45) is 0. The van der Waals surface area contributed by atoms with Crippen LogP contribution in [0.25, 0.3) is 0 Å². The van der Waals surface area contributed by atoms with E-state index in [1.54, 1.807) is 0 Å².